The normalized spacial score (nSPS) is 13.3. The number of guanidine groups is 1. The van der Waals surface area contributed by atoms with Gasteiger partial charge in [0.1, 0.15) is 12.3 Å². The largest absolute Gasteiger partial charge is 0.480 e. The summed E-state index contributed by atoms with van der Waals surface area (Å²) in [7, 11) is -4.52. The Morgan fingerprint density at radius 2 is 2.00 bits per heavy atom. The molecule has 1 atom stereocenters. The third-order valence-corrected chi connectivity index (χ3v) is 2.85. The van der Waals surface area contributed by atoms with Gasteiger partial charge in [-0.05, 0) is 19.3 Å². The zero-order valence-electron chi connectivity index (χ0n) is 10.2. The second-order valence-corrected chi connectivity index (χ2v) is 5.55. The van der Waals surface area contributed by atoms with Crippen LogP contribution in [0, 0.1) is 5.41 Å². The molecule has 19 heavy (non-hydrogen) atoms. The van der Waals surface area contributed by atoms with Crippen molar-refractivity contribution in [1.82, 2.24) is 10.4 Å². The van der Waals surface area contributed by atoms with E-state index in [2.05, 4.69) is 5.32 Å². The maximum absolute atomic E-state index is 10.9. The molecule has 0 aliphatic heterocycles. The fourth-order valence-electron chi connectivity index (χ4n) is 1.37. The summed E-state index contributed by atoms with van der Waals surface area (Å²) in [6.07, 6.45) is -0.121. The third-order valence-electron chi connectivity index (χ3n) is 2.19. The Kier molecular flexibility index (Phi) is 7.57. The standard InChI is InChI=1S/C8H19N4O6P/c9-8(10)11-4-2-1-3-6(7(13)14)12(15)5-19(16,17)18/h6,15H,1-5H2,(H,13,14)(H4,9,10,11)(H2,16,17,18)/t6-/m0/s1. The van der Waals surface area contributed by atoms with Gasteiger partial charge in [0.25, 0.3) is 0 Å². The van der Waals surface area contributed by atoms with Crippen LogP contribution in [0.25, 0.3) is 0 Å². The first kappa shape index (κ1) is 17.8. The maximum atomic E-state index is 10.9. The Morgan fingerprint density at radius 1 is 1.42 bits per heavy atom. The lowest BCUT2D eigenvalue weighted by Crippen LogP contribution is -2.39. The van der Waals surface area contributed by atoms with E-state index in [9.17, 15) is 14.6 Å². The molecular formula is C8H19N4O6P. The molecule has 0 radical (unpaired) electrons. The van der Waals surface area contributed by atoms with Crippen LogP contribution in [0.1, 0.15) is 19.3 Å². The van der Waals surface area contributed by atoms with Crippen molar-refractivity contribution < 1.29 is 29.5 Å². The second-order valence-electron chi connectivity index (χ2n) is 3.94. The summed E-state index contributed by atoms with van der Waals surface area (Å²) in [5, 5.41) is 27.8. The monoisotopic (exact) mass is 298 g/mol. The van der Waals surface area contributed by atoms with Crippen LogP contribution in [0.2, 0.25) is 0 Å². The molecule has 0 aliphatic carbocycles. The molecule has 0 spiro atoms. The van der Waals surface area contributed by atoms with Crippen molar-refractivity contribution in [3.8, 4) is 0 Å². The fraction of sp³-hybridized carbons (Fsp3) is 0.750. The predicted molar refractivity (Wildman–Crippen MR) is 65.7 cm³/mol. The quantitative estimate of drug-likeness (QED) is 0.0915. The van der Waals surface area contributed by atoms with Crippen molar-refractivity contribution in [2.24, 2.45) is 5.73 Å². The highest BCUT2D eigenvalue weighted by molar-refractivity contribution is 7.51. The van der Waals surface area contributed by atoms with Gasteiger partial charge in [0.2, 0.25) is 0 Å². The fourth-order valence-corrected chi connectivity index (χ4v) is 1.95. The zero-order chi connectivity index (χ0) is 15.1. The molecular weight excluding hydrogens is 279 g/mol. The lowest BCUT2D eigenvalue weighted by molar-refractivity contribution is -0.166. The predicted octanol–water partition coefficient (Wildman–Crippen LogP) is -1.08. The average Bonchev–Trinajstić information content (AvgIpc) is 2.19. The van der Waals surface area contributed by atoms with Crippen molar-refractivity contribution in [2.45, 2.75) is 25.3 Å². The Morgan fingerprint density at radius 3 is 2.42 bits per heavy atom. The number of hydrogen-bond donors (Lipinski definition) is 7. The van der Waals surface area contributed by atoms with Gasteiger partial charge in [0.05, 0.1) is 0 Å². The SMILES string of the molecule is N=C(N)NCCCC[C@@H](C(=O)O)N(O)CP(=O)(O)O. The first-order chi connectivity index (χ1) is 8.63. The van der Waals surface area contributed by atoms with Crippen molar-refractivity contribution in [3.63, 3.8) is 0 Å². The average molecular weight is 298 g/mol. The Balaban J connectivity index is 4.16. The summed E-state index contributed by atoms with van der Waals surface area (Å²) in [6, 6.07) is -1.38. The van der Waals surface area contributed by atoms with Crippen LogP contribution in [0.4, 0.5) is 0 Å². The van der Waals surface area contributed by atoms with E-state index in [0.717, 1.165) is 0 Å². The van der Waals surface area contributed by atoms with E-state index < -0.39 is 25.9 Å². The number of carboxylic acids is 1. The highest BCUT2D eigenvalue weighted by Crippen LogP contribution is 2.35. The lowest BCUT2D eigenvalue weighted by atomic mass is 10.1. The molecule has 0 heterocycles. The van der Waals surface area contributed by atoms with Gasteiger partial charge in [0, 0.05) is 6.54 Å². The molecule has 0 bridgehead atoms. The van der Waals surface area contributed by atoms with E-state index in [-0.39, 0.29) is 17.4 Å². The molecule has 0 aromatic heterocycles. The number of hydroxylamine groups is 2. The molecule has 0 aromatic rings. The van der Waals surface area contributed by atoms with Crippen LogP contribution >= 0.6 is 7.60 Å². The molecule has 8 N–H and O–H groups in total. The Labute approximate surface area is 109 Å². The number of carbonyl (C=O) groups is 1. The van der Waals surface area contributed by atoms with Gasteiger partial charge in [-0.3, -0.25) is 14.8 Å². The molecule has 10 nitrogen and oxygen atoms in total. The Bertz CT molecular complexity index is 359. The molecule has 0 amide bonds. The van der Waals surface area contributed by atoms with Gasteiger partial charge in [-0.25, -0.2) is 0 Å². The highest BCUT2D eigenvalue weighted by atomic mass is 31.2. The van der Waals surface area contributed by atoms with Crippen molar-refractivity contribution in [3.05, 3.63) is 0 Å². The first-order valence-electron chi connectivity index (χ1n) is 5.44. The van der Waals surface area contributed by atoms with E-state index in [1.165, 1.54) is 0 Å². The molecule has 0 saturated heterocycles. The van der Waals surface area contributed by atoms with Gasteiger partial charge in [-0.2, -0.15) is 5.06 Å². The van der Waals surface area contributed by atoms with Crippen LogP contribution < -0.4 is 11.1 Å². The van der Waals surface area contributed by atoms with Gasteiger partial charge in [-0.1, -0.05) is 0 Å². The summed E-state index contributed by atoms with van der Waals surface area (Å²) < 4.78 is 10.7. The summed E-state index contributed by atoms with van der Waals surface area (Å²) in [5.74, 6) is -1.56. The highest BCUT2D eigenvalue weighted by Gasteiger charge is 2.29. The smallest absolute Gasteiger partial charge is 0.341 e. The van der Waals surface area contributed by atoms with E-state index in [1.54, 1.807) is 0 Å². The topological polar surface area (TPSA) is 180 Å². The minimum absolute atomic E-state index is 0.0193. The van der Waals surface area contributed by atoms with Crippen LogP contribution in [-0.2, 0) is 9.36 Å². The molecule has 0 unspecified atom stereocenters. The van der Waals surface area contributed by atoms with Crippen LogP contribution in [0.15, 0.2) is 0 Å². The number of aliphatic carboxylic acids is 1. The van der Waals surface area contributed by atoms with Crippen LogP contribution in [0.5, 0.6) is 0 Å². The summed E-state index contributed by atoms with van der Waals surface area (Å²) in [5.41, 5.74) is 5.04. The minimum atomic E-state index is -4.52. The second kappa shape index (κ2) is 8.08. The van der Waals surface area contributed by atoms with Gasteiger partial charge in [0.15, 0.2) is 5.96 Å². The van der Waals surface area contributed by atoms with E-state index in [4.69, 9.17) is 26.0 Å². The molecule has 0 rings (SSSR count). The number of carboxylic acid groups (broad SMARTS) is 1. The van der Waals surface area contributed by atoms with Crippen LogP contribution in [-0.4, -0.2) is 56.0 Å². The summed E-state index contributed by atoms with van der Waals surface area (Å²) in [6.45, 7) is 0.381. The van der Waals surface area contributed by atoms with E-state index in [0.29, 0.717) is 19.4 Å². The number of nitrogens with one attached hydrogen (secondary N) is 2. The van der Waals surface area contributed by atoms with E-state index >= 15 is 0 Å². The van der Waals surface area contributed by atoms with Crippen LogP contribution in [0.3, 0.4) is 0 Å². The molecule has 0 aromatic carbocycles. The van der Waals surface area contributed by atoms with Crippen molar-refractivity contribution in [2.75, 3.05) is 12.8 Å². The minimum Gasteiger partial charge on any atom is -0.480 e. The summed E-state index contributed by atoms with van der Waals surface area (Å²) in [4.78, 5) is 28.2. The molecule has 0 aliphatic rings. The third kappa shape index (κ3) is 9.40. The lowest BCUT2D eigenvalue weighted by Gasteiger charge is -2.22. The maximum Gasteiger partial charge on any atom is 0.341 e. The first-order valence-corrected chi connectivity index (χ1v) is 7.24. The van der Waals surface area contributed by atoms with Gasteiger partial charge >= 0.3 is 13.6 Å². The zero-order valence-corrected chi connectivity index (χ0v) is 11.1. The summed E-state index contributed by atoms with van der Waals surface area (Å²) >= 11 is 0. The molecule has 11 heteroatoms. The number of rotatable bonds is 9. The number of hydrogen-bond acceptors (Lipinski definition) is 5. The van der Waals surface area contributed by atoms with Gasteiger partial charge in [-0.15, -0.1) is 0 Å². The van der Waals surface area contributed by atoms with Crippen molar-refractivity contribution in [1.29, 1.82) is 5.41 Å². The number of nitrogens with two attached hydrogens (primary N) is 1. The Hall–Kier alpha value is -1.19. The molecule has 0 fully saturated rings. The van der Waals surface area contributed by atoms with E-state index in [1.807, 2.05) is 0 Å². The number of nitrogens with zero attached hydrogens (tertiary/aromatic N) is 1. The van der Waals surface area contributed by atoms with Gasteiger partial charge < -0.3 is 31.2 Å². The molecule has 0 saturated carbocycles. The number of unbranched alkanes of at least 4 members (excludes halogenated alkanes) is 1. The molecule has 112 valence electrons. The van der Waals surface area contributed by atoms with Crippen molar-refractivity contribution >= 4 is 19.5 Å².